The third kappa shape index (κ3) is 2.54. The first-order chi connectivity index (χ1) is 11.6. The number of benzene rings is 1. The molecule has 0 saturated heterocycles. The van der Waals surface area contributed by atoms with Crippen LogP contribution in [-0.2, 0) is 6.54 Å². The van der Waals surface area contributed by atoms with Crippen molar-refractivity contribution >= 4 is 32.9 Å². The summed E-state index contributed by atoms with van der Waals surface area (Å²) in [6.45, 7) is 0.415. The molecular formula is C16H11BrFN5O. The molecule has 3 aromatic heterocycles. The van der Waals surface area contributed by atoms with Gasteiger partial charge < -0.3 is 10.2 Å². The number of furan rings is 1. The maximum atomic E-state index is 13.2. The zero-order valence-corrected chi connectivity index (χ0v) is 13.9. The highest BCUT2D eigenvalue weighted by Gasteiger charge is 2.16. The molecular weight excluding hydrogens is 377 g/mol. The van der Waals surface area contributed by atoms with Crippen LogP contribution in [0.2, 0.25) is 0 Å². The van der Waals surface area contributed by atoms with Crippen LogP contribution in [0.1, 0.15) is 5.56 Å². The lowest BCUT2D eigenvalue weighted by Gasteiger charge is -2.07. The van der Waals surface area contributed by atoms with E-state index in [0.717, 1.165) is 10.9 Å². The highest BCUT2D eigenvalue weighted by atomic mass is 79.9. The van der Waals surface area contributed by atoms with Gasteiger partial charge in [-0.05, 0) is 29.8 Å². The van der Waals surface area contributed by atoms with E-state index in [4.69, 9.17) is 10.2 Å². The summed E-state index contributed by atoms with van der Waals surface area (Å²) in [6, 6.07) is 8.10. The number of nitrogens with zero attached hydrogens (tertiary/aromatic N) is 4. The van der Waals surface area contributed by atoms with Crippen LogP contribution >= 0.6 is 15.9 Å². The van der Waals surface area contributed by atoms with Crippen LogP contribution in [0.25, 0.3) is 22.5 Å². The minimum atomic E-state index is -0.303. The van der Waals surface area contributed by atoms with Gasteiger partial charge in [0.2, 0.25) is 5.95 Å². The SMILES string of the molecule is Nc1nc(-c2ccco2)c2cnn(Cc3ccc(F)cc3Br)c2n1. The van der Waals surface area contributed by atoms with Gasteiger partial charge in [0, 0.05) is 4.47 Å². The minimum absolute atomic E-state index is 0.133. The predicted octanol–water partition coefficient (Wildman–Crippen LogP) is 3.62. The highest BCUT2D eigenvalue weighted by molar-refractivity contribution is 9.10. The van der Waals surface area contributed by atoms with Crippen LogP contribution in [-0.4, -0.2) is 19.7 Å². The van der Waals surface area contributed by atoms with Gasteiger partial charge in [0.25, 0.3) is 0 Å². The molecule has 0 unspecified atom stereocenters. The number of nitrogen functional groups attached to an aromatic ring is 1. The molecule has 0 radical (unpaired) electrons. The average Bonchev–Trinajstić information content (AvgIpc) is 3.20. The Morgan fingerprint density at radius 1 is 1.25 bits per heavy atom. The van der Waals surface area contributed by atoms with Crippen molar-refractivity contribution in [1.82, 2.24) is 19.7 Å². The molecule has 0 aliphatic carbocycles. The molecule has 0 amide bonds. The van der Waals surface area contributed by atoms with E-state index in [9.17, 15) is 4.39 Å². The van der Waals surface area contributed by atoms with Crippen molar-refractivity contribution in [1.29, 1.82) is 0 Å². The summed E-state index contributed by atoms with van der Waals surface area (Å²) < 4.78 is 21.0. The van der Waals surface area contributed by atoms with Crippen molar-refractivity contribution in [2.24, 2.45) is 0 Å². The van der Waals surface area contributed by atoms with Crippen LogP contribution in [0.15, 0.2) is 51.7 Å². The maximum Gasteiger partial charge on any atom is 0.222 e. The average molecular weight is 388 g/mol. The van der Waals surface area contributed by atoms with Gasteiger partial charge in [-0.25, -0.2) is 14.1 Å². The molecule has 4 aromatic rings. The maximum absolute atomic E-state index is 13.2. The molecule has 1 aromatic carbocycles. The smallest absolute Gasteiger partial charge is 0.222 e. The number of fused-ring (bicyclic) bond motifs is 1. The van der Waals surface area contributed by atoms with Crippen molar-refractivity contribution in [3.8, 4) is 11.5 Å². The quantitative estimate of drug-likeness (QED) is 0.580. The summed E-state index contributed by atoms with van der Waals surface area (Å²) >= 11 is 3.36. The number of hydrogen-bond donors (Lipinski definition) is 1. The largest absolute Gasteiger partial charge is 0.463 e. The summed E-state index contributed by atoms with van der Waals surface area (Å²) in [4.78, 5) is 8.54. The van der Waals surface area contributed by atoms with E-state index in [1.807, 2.05) is 0 Å². The van der Waals surface area contributed by atoms with Gasteiger partial charge in [-0.2, -0.15) is 10.1 Å². The zero-order chi connectivity index (χ0) is 16.7. The van der Waals surface area contributed by atoms with E-state index >= 15 is 0 Å². The van der Waals surface area contributed by atoms with Crippen LogP contribution in [0.4, 0.5) is 10.3 Å². The Morgan fingerprint density at radius 3 is 2.88 bits per heavy atom. The monoisotopic (exact) mass is 387 g/mol. The number of hydrogen-bond acceptors (Lipinski definition) is 5. The number of nitrogens with two attached hydrogens (primary N) is 1. The molecule has 3 heterocycles. The molecule has 0 fully saturated rings. The van der Waals surface area contributed by atoms with Gasteiger partial charge in [0.1, 0.15) is 11.5 Å². The third-order valence-corrected chi connectivity index (χ3v) is 4.34. The molecule has 2 N–H and O–H groups in total. The van der Waals surface area contributed by atoms with E-state index in [1.165, 1.54) is 12.1 Å². The van der Waals surface area contributed by atoms with Crippen LogP contribution < -0.4 is 5.73 Å². The second-order valence-electron chi connectivity index (χ2n) is 5.18. The number of halogens is 2. The van der Waals surface area contributed by atoms with Gasteiger partial charge in [-0.1, -0.05) is 22.0 Å². The summed E-state index contributed by atoms with van der Waals surface area (Å²) in [5.41, 5.74) is 7.89. The first-order valence-electron chi connectivity index (χ1n) is 7.08. The molecule has 6 nitrogen and oxygen atoms in total. The Hall–Kier alpha value is -2.74. The van der Waals surface area contributed by atoms with Crippen molar-refractivity contribution < 1.29 is 8.81 Å². The summed E-state index contributed by atoms with van der Waals surface area (Å²) in [7, 11) is 0. The third-order valence-electron chi connectivity index (χ3n) is 3.60. The van der Waals surface area contributed by atoms with Crippen LogP contribution in [0.5, 0.6) is 0 Å². The fourth-order valence-electron chi connectivity index (χ4n) is 2.50. The summed E-state index contributed by atoms with van der Waals surface area (Å²) in [5, 5.41) is 5.10. The molecule has 0 spiro atoms. The van der Waals surface area contributed by atoms with E-state index in [2.05, 4.69) is 31.0 Å². The van der Waals surface area contributed by atoms with Crippen molar-refractivity contribution in [2.45, 2.75) is 6.54 Å². The van der Waals surface area contributed by atoms with Gasteiger partial charge in [0.15, 0.2) is 11.4 Å². The second-order valence-corrected chi connectivity index (χ2v) is 6.04. The molecule has 24 heavy (non-hydrogen) atoms. The molecule has 0 aliphatic heterocycles. The van der Waals surface area contributed by atoms with E-state index in [1.54, 1.807) is 35.3 Å². The van der Waals surface area contributed by atoms with Crippen LogP contribution in [0.3, 0.4) is 0 Å². The lowest BCUT2D eigenvalue weighted by molar-refractivity contribution is 0.580. The number of anilines is 1. The second kappa shape index (κ2) is 5.72. The van der Waals surface area contributed by atoms with Gasteiger partial charge in [-0.15, -0.1) is 0 Å². The van der Waals surface area contributed by atoms with Gasteiger partial charge >= 0.3 is 0 Å². The molecule has 4 rings (SSSR count). The number of aromatic nitrogens is 4. The van der Waals surface area contributed by atoms with Crippen LogP contribution in [0, 0.1) is 5.82 Å². The molecule has 120 valence electrons. The Balaban J connectivity index is 1.83. The van der Waals surface area contributed by atoms with E-state index in [-0.39, 0.29) is 11.8 Å². The standard InChI is InChI=1S/C16H11BrFN5O/c17-12-6-10(18)4-3-9(12)8-23-15-11(7-20-23)14(21-16(19)22-15)13-2-1-5-24-13/h1-7H,8H2,(H2,19,21,22). The highest BCUT2D eigenvalue weighted by Crippen LogP contribution is 2.28. The van der Waals surface area contributed by atoms with E-state index in [0.29, 0.717) is 28.1 Å². The summed E-state index contributed by atoms with van der Waals surface area (Å²) in [6.07, 6.45) is 3.24. The fourth-order valence-corrected chi connectivity index (χ4v) is 2.98. The first-order valence-corrected chi connectivity index (χ1v) is 7.88. The molecule has 8 heteroatoms. The van der Waals surface area contributed by atoms with Crippen molar-refractivity contribution in [2.75, 3.05) is 5.73 Å². The Morgan fingerprint density at radius 2 is 2.12 bits per heavy atom. The van der Waals surface area contributed by atoms with Crippen molar-refractivity contribution in [3.63, 3.8) is 0 Å². The lowest BCUT2D eigenvalue weighted by atomic mass is 10.2. The zero-order valence-electron chi connectivity index (χ0n) is 12.3. The topological polar surface area (TPSA) is 82.8 Å². The Bertz CT molecular complexity index is 1030. The summed E-state index contributed by atoms with van der Waals surface area (Å²) in [5.74, 6) is 0.424. The fraction of sp³-hybridized carbons (Fsp3) is 0.0625. The predicted molar refractivity (Wildman–Crippen MR) is 90.6 cm³/mol. The molecule has 0 saturated carbocycles. The normalized spacial score (nSPS) is 11.2. The molecule has 0 atom stereocenters. The Labute approximate surface area is 144 Å². The van der Waals surface area contributed by atoms with E-state index < -0.39 is 0 Å². The molecule has 0 aliphatic rings. The lowest BCUT2D eigenvalue weighted by Crippen LogP contribution is -2.05. The molecule has 0 bridgehead atoms. The first kappa shape index (κ1) is 14.8. The van der Waals surface area contributed by atoms with Gasteiger partial charge in [0.05, 0.1) is 24.4 Å². The van der Waals surface area contributed by atoms with Gasteiger partial charge in [-0.3, -0.25) is 0 Å². The number of rotatable bonds is 3. The minimum Gasteiger partial charge on any atom is -0.463 e. The van der Waals surface area contributed by atoms with Crippen molar-refractivity contribution in [3.05, 3.63) is 58.6 Å². The Kier molecular flexibility index (Phi) is 3.53.